The molecule has 0 bridgehead atoms. The molecule has 0 amide bonds. The molecule has 2 aromatic heterocycles. The molecule has 30 heavy (non-hydrogen) atoms. The lowest BCUT2D eigenvalue weighted by Gasteiger charge is -2.38. The Kier molecular flexibility index (Phi) is 4.11. The van der Waals surface area contributed by atoms with Gasteiger partial charge in [-0.2, -0.15) is 0 Å². The molecular formula is C20H21F2N5O3. The van der Waals surface area contributed by atoms with Crippen molar-refractivity contribution >= 4 is 27.6 Å². The van der Waals surface area contributed by atoms with Gasteiger partial charge in [-0.05, 0) is 32.8 Å². The van der Waals surface area contributed by atoms with Gasteiger partial charge in [0.1, 0.15) is 22.5 Å². The van der Waals surface area contributed by atoms with E-state index in [-0.39, 0.29) is 45.7 Å². The van der Waals surface area contributed by atoms with Crippen molar-refractivity contribution in [3.63, 3.8) is 0 Å². The van der Waals surface area contributed by atoms with Crippen LogP contribution in [0.15, 0.2) is 20.4 Å². The molecule has 2 aliphatic rings. The lowest BCUT2D eigenvalue weighted by Crippen LogP contribution is -2.54. The van der Waals surface area contributed by atoms with Crippen LogP contribution in [0.3, 0.4) is 0 Å². The highest BCUT2D eigenvalue weighted by Crippen LogP contribution is 2.41. The van der Waals surface area contributed by atoms with Crippen LogP contribution in [0.4, 0.5) is 14.5 Å². The van der Waals surface area contributed by atoms with Gasteiger partial charge in [0.2, 0.25) is 5.43 Å². The summed E-state index contributed by atoms with van der Waals surface area (Å²) in [4.78, 5) is 43.3. The highest BCUT2D eigenvalue weighted by Gasteiger charge is 2.33. The maximum absolute atomic E-state index is 15.9. The van der Waals surface area contributed by atoms with Crippen molar-refractivity contribution in [2.45, 2.75) is 44.8 Å². The maximum Gasteiger partial charge on any atom is 0.327 e. The van der Waals surface area contributed by atoms with E-state index in [2.05, 4.69) is 10.3 Å². The SMILES string of the molecule is C[C@@H]1CN(c2c(F)cc3c(=O)c4c(=O)[nH]c(=O)[nH]c4n(C4CC4)c3c2F)C[C@H](C)N1. The number of nitrogens with one attached hydrogen (secondary N) is 3. The monoisotopic (exact) mass is 417 g/mol. The van der Waals surface area contributed by atoms with Crippen molar-refractivity contribution in [2.75, 3.05) is 18.0 Å². The first kappa shape index (κ1) is 19.0. The van der Waals surface area contributed by atoms with E-state index in [1.165, 1.54) is 4.57 Å². The number of aromatic amines is 2. The Balaban J connectivity index is 1.90. The normalized spacial score (nSPS) is 22.2. The average Bonchev–Trinajstić information content (AvgIpc) is 3.46. The molecule has 3 N–H and O–H groups in total. The molecule has 1 aromatic carbocycles. The Morgan fingerprint density at radius 1 is 1.03 bits per heavy atom. The van der Waals surface area contributed by atoms with Gasteiger partial charge < -0.3 is 14.8 Å². The molecule has 0 unspecified atom stereocenters. The number of fused-ring (bicyclic) bond motifs is 2. The number of rotatable bonds is 2. The van der Waals surface area contributed by atoms with Crippen LogP contribution in [0.2, 0.25) is 0 Å². The molecule has 2 fully saturated rings. The second-order valence-corrected chi connectivity index (χ2v) is 8.35. The molecule has 0 spiro atoms. The number of hydrogen-bond acceptors (Lipinski definition) is 5. The van der Waals surface area contributed by atoms with Gasteiger partial charge in [0.15, 0.2) is 5.82 Å². The molecule has 3 aromatic rings. The van der Waals surface area contributed by atoms with Crippen LogP contribution in [0.25, 0.3) is 21.9 Å². The fourth-order valence-corrected chi connectivity index (χ4v) is 4.62. The van der Waals surface area contributed by atoms with Crippen LogP contribution in [0.5, 0.6) is 0 Å². The minimum absolute atomic E-state index is 0.0257. The summed E-state index contributed by atoms with van der Waals surface area (Å²) in [6.07, 6.45) is 1.41. The molecule has 5 rings (SSSR count). The van der Waals surface area contributed by atoms with Gasteiger partial charge in [-0.25, -0.2) is 13.6 Å². The van der Waals surface area contributed by atoms with Crippen molar-refractivity contribution in [2.24, 2.45) is 0 Å². The van der Waals surface area contributed by atoms with Crippen molar-refractivity contribution in [3.8, 4) is 0 Å². The van der Waals surface area contributed by atoms with Gasteiger partial charge in [-0.3, -0.25) is 19.6 Å². The summed E-state index contributed by atoms with van der Waals surface area (Å²) in [5.41, 5.74) is -2.75. The van der Waals surface area contributed by atoms with Crippen molar-refractivity contribution in [3.05, 3.63) is 48.8 Å². The average molecular weight is 417 g/mol. The standard InChI is InChI=1S/C20H21F2N5O3/c1-8-6-26(7-9(2)23-8)16-12(21)5-11-15(14(16)22)27(10-3-4-10)18-13(17(11)28)19(29)25-20(30)24-18/h5,8-10,23H,3-4,6-7H2,1-2H3,(H2,24,25,29,30)/t8-,9+. The van der Waals surface area contributed by atoms with Crippen LogP contribution in [-0.4, -0.2) is 39.7 Å². The summed E-state index contributed by atoms with van der Waals surface area (Å²) in [5.74, 6) is -1.70. The van der Waals surface area contributed by atoms with E-state index in [0.29, 0.717) is 25.9 Å². The van der Waals surface area contributed by atoms with E-state index in [1.807, 2.05) is 18.8 Å². The fraction of sp³-hybridized carbons (Fsp3) is 0.450. The van der Waals surface area contributed by atoms with Gasteiger partial charge in [0, 0.05) is 31.2 Å². The second-order valence-electron chi connectivity index (χ2n) is 8.35. The summed E-state index contributed by atoms with van der Waals surface area (Å²) in [5, 5.41) is 2.81. The predicted octanol–water partition coefficient (Wildman–Crippen LogP) is 1.33. The first-order valence-electron chi connectivity index (χ1n) is 9.99. The topological polar surface area (TPSA) is 103 Å². The van der Waals surface area contributed by atoms with E-state index >= 15 is 8.78 Å². The van der Waals surface area contributed by atoms with Gasteiger partial charge in [0.05, 0.1) is 10.9 Å². The number of halogens is 2. The van der Waals surface area contributed by atoms with Crippen LogP contribution in [0.1, 0.15) is 32.7 Å². The molecule has 8 nitrogen and oxygen atoms in total. The molecule has 1 saturated carbocycles. The highest BCUT2D eigenvalue weighted by atomic mass is 19.1. The second kappa shape index (κ2) is 6.49. The Hall–Kier alpha value is -3.01. The first-order valence-corrected chi connectivity index (χ1v) is 9.99. The van der Waals surface area contributed by atoms with Gasteiger partial charge >= 0.3 is 5.69 Å². The number of hydrogen-bond donors (Lipinski definition) is 3. The molecule has 1 saturated heterocycles. The lowest BCUT2D eigenvalue weighted by atomic mass is 10.1. The molecular weight excluding hydrogens is 396 g/mol. The summed E-state index contributed by atoms with van der Waals surface area (Å²) in [6, 6.07) is 0.888. The van der Waals surface area contributed by atoms with E-state index in [0.717, 1.165) is 6.07 Å². The van der Waals surface area contributed by atoms with Crippen LogP contribution in [-0.2, 0) is 0 Å². The summed E-state index contributed by atoms with van der Waals surface area (Å²) in [6.45, 7) is 4.68. The number of nitrogens with zero attached hydrogens (tertiary/aromatic N) is 2. The number of benzene rings is 1. The zero-order chi connectivity index (χ0) is 21.3. The molecule has 1 aliphatic heterocycles. The predicted molar refractivity (Wildman–Crippen MR) is 109 cm³/mol. The smallest absolute Gasteiger partial charge is 0.327 e. The zero-order valence-electron chi connectivity index (χ0n) is 16.5. The van der Waals surface area contributed by atoms with E-state index in [1.54, 1.807) is 4.90 Å². The Morgan fingerprint density at radius 2 is 1.70 bits per heavy atom. The van der Waals surface area contributed by atoms with Gasteiger partial charge in [0.25, 0.3) is 5.56 Å². The molecule has 1 aliphatic carbocycles. The number of H-pyrrole nitrogens is 2. The number of anilines is 1. The van der Waals surface area contributed by atoms with E-state index < -0.39 is 28.3 Å². The third-order valence-corrected chi connectivity index (χ3v) is 5.83. The summed E-state index contributed by atoms with van der Waals surface area (Å²) >= 11 is 0. The Bertz CT molecular complexity index is 1360. The molecule has 2 atom stereocenters. The fourth-order valence-electron chi connectivity index (χ4n) is 4.62. The van der Waals surface area contributed by atoms with Crippen molar-refractivity contribution in [1.82, 2.24) is 19.9 Å². The number of piperazine rings is 1. The van der Waals surface area contributed by atoms with Crippen LogP contribution < -0.4 is 26.9 Å². The largest absolute Gasteiger partial charge is 0.364 e. The maximum atomic E-state index is 15.9. The van der Waals surface area contributed by atoms with Gasteiger partial charge in [-0.1, -0.05) is 0 Å². The van der Waals surface area contributed by atoms with E-state index in [4.69, 9.17) is 0 Å². The minimum Gasteiger partial charge on any atom is -0.364 e. The quantitative estimate of drug-likeness (QED) is 0.546. The van der Waals surface area contributed by atoms with Crippen LogP contribution >= 0.6 is 0 Å². The molecule has 0 radical (unpaired) electrons. The zero-order valence-corrected chi connectivity index (χ0v) is 16.5. The summed E-state index contributed by atoms with van der Waals surface area (Å²) < 4.78 is 32.5. The number of pyridine rings is 1. The third-order valence-electron chi connectivity index (χ3n) is 5.83. The van der Waals surface area contributed by atoms with Crippen molar-refractivity contribution < 1.29 is 8.78 Å². The summed E-state index contributed by atoms with van der Waals surface area (Å²) in [7, 11) is 0. The third kappa shape index (κ3) is 2.78. The van der Waals surface area contributed by atoms with Crippen molar-refractivity contribution in [1.29, 1.82) is 0 Å². The minimum atomic E-state index is -0.871. The van der Waals surface area contributed by atoms with Gasteiger partial charge in [-0.15, -0.1) is 0 Å². The first-order chi connectivity index (χ1) is 14.3. The number of aromatic nitrogens is 3. The lowest BCUT2D eigenvalue weighted by molar-refractivity contribution is 0.400. The highest BCUT2D eigenvalue weighted by molar-refractivity contribution is 5.94. The molecule has 158 valence electrons. The molecule has 10 heteroatoms. The van der Waals surface area contributed by atoms with Crippen LogP contribution in [0, 0.1) is 11.6 Å². The molecule has 3 heterocycles. The Labute approximate surface area is 168 Å². The Morgan fingerprint density at radius 3 is 2.33 bits per heavy atom. The van der Waals surface area contributed by atoms with E-state index in [9.17, 15) is 14.4 Å².